The van der Waals surface area contributed by atoms with Gasteiger partial charge in [0.05, 0.1) is 15.7 Å². The lowest BCUT2D eigenvalue weighted by atomic mass is 10.3. The van der Waals surface area contributed by atoms with E-state index in [9.17, 15) is 0 Å². The third kappa shape index (κ3) is 7.31. The molecule has 0 fully saturated rings. The Morgan fingerprint density at radius 2 is 1.45 bits per heavy atom. The lowest BCUT2D eigenvalue weighted by molar-refractivity contribution is 0.592. The first-order valence-electron chi connectivity index (χ1n) is 7.05. The average molecular weight is 319 g/mol. The normalized spacial score (nSPS) is 10.8. The second-order valence-corrected chi connectivity index (χ2v) is 5.33. The molecule has 20 heavy (non-hydrogen) atoms. The van der Waals surface area contributed by atoms with Gasteiger partial charge in [-0.1, -0.05) is 29.3 Å². The Morgan fingerprint density at radius 1 is 0.850 bits per heavy atom. The number of hydrogen-bond donors (Lipinski definition) is 4. The highest BCUT2D eigenvalue weighted by atomic mass is 35.5. The summed E-state index contributed by atoms with van der Waals surface area (Å²) in [6.07, 6.45) is 2.05. The number of nitrogens with one attached hydrogen (secondary N) is 3. The maximum Gasteiger partial charge on any atom is 0.0718 e. The SMILES string of the molecule is NCCCNCCNCCCNc1c(Cl)cccc1Cl. The highest BCUT2D eigenvalue weighted by molar-refractivity contribution is 6.39. The Hall–Kier alpha value is -0.520. The molecule has 0 atom stereocenters. The molecule has 114 valence electrons. The standard InChI is InChI=1S/C14H24Cl2N4/c15-12-4-1-5-13(16)14(12)20-9-3-8-19-11-10-18-7-2-6-17/h1,4-5,18-20H,2-3,6-11,17H2. The van der Waals surface area contributed by atoms with E-state index in [0.717, 1.165) is 57.8 Å². The van der Waals surface area contributed by atoms with Gasteiger partial charge in [-0.3, -0.25) is 0 Å². The van der Waals surface area contributed by atoms with Crippen LogP contribution in [0.1, 0.15) is 12.8 Å². The van der Waals surface area contributed by atoms with Crippen molar-refractivity contribution in [1.82, 2.24) is 10.6 Å². The van der Waals surface area contributed by atoms with Gasteiger partial charge in [-0.05, 0) is 44.6 Å². The van der Waals surface area contributed by atoms with E-state index in [2.05, 4.69) is 16.0 Å². The molecule has 0 heterocycles. The maximum atomic E-state index is 6.07. The molecule has 0 aliphatic carbocycles. The molecule has 0 saturated heterocycles. The second-order valence-electron chi connectivity index (χ2n) is 4.52. The lowest BCUT2D eigenvalue weighted by Gasteiger charge is -2.10. The van der Waals surface area contributed by atoms with Crippen LogP contribution in [0, 0.1) is 0 Å². The minimum atomic E-state index is 0.662. The quantitative estimate of drug-likeness (QED) is 0.473. The summed E-state index contributed by atoms with van der Waals surface area (Å²) in [7, 11) is 0. The fourth-order valence-electron chi connectivity index (χ4n) is 1.75. The Bertz CT molecular complexity index is 354. The van der Waals surface area contributed by atoms with Crippen LogP contribution >= 0.6 is 23.2 Å². The topological polar surface area (TPSA) is 62.1 Å². The Balaban J connectivity index is 2.00. The number of rotatable bonds is 11. The van der Waals surface area contributed by atoms with Gasteiger partial charge in [0.25, 0.3) is 0 Å². The van der Waals surface area contributed by atoms with Gasteiger partial charge in [0.1, 0.15) is 0 Å². The van der Waals surface area contributed by atoms with Crippen LogP contribution in [-0.4, -0.2) is 39.3 Å². The van der Waals surface area contributed by atoms with Crippen LogP contribution in [-0.2, 0) is 0 Å². The first-order chi connectivity index (χ1) is 9.75. The van der Waals surface area contributed by atoms with Gasteiger partial charge in [0, 0.05) is 19.6 Å². The molecule has 0 amide bonds. The van der Waals surface area contributed by atoms with Gasteiger partial charge in [-0.15, -0.1) is 0 Å². The number of halogens is 2. The Labute approximate surface area is 131 Å². The monoisotopic (exact) mass is 318 g/mol. The van der Waals surface area contributed by atoms with Crippen molar-refractivity contribution in [2.45, 2.75) is 12.8 Å². The molecule has 1 aromatic carbocycles. The molecule has 0 unspecified atom stereocenters. The highest BCUT2D eigenvalue weighted by Gasteiger charge is 2.03. The summed E-state index contributed by atoms with van der Waals surface area (Å²) >= 11 is 12.1. The van der Waals surface area contributed by atoms with E-state index in [4.69, 9.17) is 28.9 Å². The van der Waals surface area contributed by atoms with Crippen molar-refractivity contribution in [2.75, 3.05) is 44.6 Å². The van der Waals surface area contributed by atoms with E-state index in [-0.39, 0.29) is 0 Å². The zero-order valence-corrected chi connectivity index (χ0v) is 13.2. The van der Waals surface area contributed by atoms with E-state index in [1.807, 2.05) is 18.2 Å². The van der Waals surface area contributed by atoms with Crippen LogP contribution in [0.4, 0.5) is 5.69 Å². The maximum absolute atomic E-state index is 6.07. The molecular formula is C14H24Cl2N4. The summed E-state index contributed by atoms with van der Waals surface area (Å²) in [5, 5.41) is 11.3. The molecule has 0 saturated carbocycles. The van der Waals surface area contributed by atoms with E-state index >= 15 is 0 Å². The summed E-state index contributed by atoms with van der Waals surface area (Å²) in [5.74, 6) is 0. The summed E-state index contributed by atoms with van der Waals surface area (Å²) in [5.41, 5.74) is 6.23. The van der Waals surface area contributed by atoms with E-state index in [1.165, 1.54) is 0 Å². The van der Waals surface area contributed by atoms with Gasteiger partial charge in [-0.2, -0.15) is 0 Å². The number of nitrogens with two attached hydrogens (primary N) is 1. The zero-order valence-electron chi connectivity index (χ0n) is 11.7. The molecule has 6 heteroatoms. The fourth-order valence-corrected chi connectivity index (χ4v) is 2.28. The van der Waals surface area contributed by atoms with Crippen molar-refractivity contribution in [2.24, 2.45) is 5.73 Å². The van der Waals surface area contributed by atoms with E-state index < -0.39 is 0 Å². The van der Waals surface area contributed by atoms with Crippen LogP contribution < -0.4 is 21.7 Å². The average Bonchev–Trinajstić information content (AvgIpc) is 2.43. The molecule has 5 N–H and O–H groups in total. The van der Waals surface area contributed by atoms with Crippen molar-refractivity contribution >= 4 is 28.9 Å². The number of hydrogen-bond acceptors (Lipinski definition) is 4. The summed E-state index contributed by atoms with van der Waals surface area (Å²) in [4.78, 5) is 0. The van der Waals surface area contributed by atoms with Gasteiger partial charge in [0.15, 0.2) is 0 Å². The number of para-hydroxylation sites is 1. The molecule has 0 aromatic heterocycles. The Kier molecular flexibility index (Phi) is 9.79. The summed E-state index contributed by atoms with van der Waals surface area (Å²) in [6.45, 7) is 5.49. The number of anilines is 1. The molecule has 4 nitrogen and oxygen atoms in total. The fraction of sp³-hybridized carbons (Fsp3) is 0.571. The summed E-state index contributed by atoms with van der Waals surface area (Å²) < 4.78 is 0. The second kappa shape index (κ2) is 11.2. The van der Waals surface area contributed by atoms with Crippen molar-refractivity contribution in [3.05, 3.63) is 28.2 Å². The first kappa shape index (κ1) is 17.5. The van der Waals surface area contributed by atoms with Crippen molar-refractivity contribution in [3.8, 4) is 0 Å². The van der Waals surface area contributed by atoms with Crippen molar-refractivity contribution in [3.63, 3.8) is 0 Å². The largest absolute Gasteiger partial charge is 0.383 e. The van der Waals surface area contributed by atoms with Crippen LogP contribution in [0.2, 0.25) is 10.0 Å². The molecule has 0 radical (unpaired) electrons. The predicted molar refractivity (Wildman–Crippen MR) is 89.0 cm³/mol. The smallest absolute Gasteiger partial charge is 0.0718 e. The minimum absolute atomic E-state index is 0.662. The van der Waals surface area contributed by atoms with Crippen LogP contribution in [0.25, 0.3) is 0 Å². The Morgan fingerprint density at radius 3 is 2.05 bits per heavy atom. The van der Waals surface area contributed by atoms with Crippen molar-refractivity contribution < 1.29 is 0 Å². The van der Waals surface area contributed by atoms with Gasteiger partial charge in [-0.25, -0.2) is 0 Å². The molecule has 0 bridgehead atoms. The van der Waals surface area contributed by atoms with Crippen LogP contribution in [0.5, 0.6) is 0 Å². The first-order valence-corrected chi connectivity index (χ1v) is 7.80. The predicted octanol–water partition coefficient (Wildman–Crippen LogP) is 2.32. The molecule has 1 aromatic rings. The third-order valence-electron chi connectivity index (χ3n) is 2.83. The molecule has 0 spiro atoms. The van der Waals surface area contributed by atoms with Gasteiger partial charge < -0.3 is 21.7 Å². The lowest BCUT2D eigenvalue weighted by Crippen LogP contribution is -2.29. The van der Waals surface area contributed by atoms with E-state index in [1.54, 1.807) is 0 Å². The number of benzene rings is 1. The van der Waals surface area contributed by atoms with Crippen LogP contribution in [0.3, 0.4) is 0 Å². The molecule has 1 rings (SSSR count). The summed E-state index contributed by atoms with van der Waals surface area (Å²) in [6, 6.07) is 5.51. The van der Waals surface area contributed by atoms with Crippen molar-refractivity contribution in [1.29, 1.82) is 0 Å². The minimum Gasteiger partial charge on any atom is -0.383 e. The molecular weight excluding hydrogens is 295 g/mol. The van der Waals surface area contributed by atoms with Gasteiger partial charge >= 0.3 is 0 Å². The molecule has 0 aliphatic rings. The van der Waals surface area contributed by atoms with Gasteiger partial charge in [0.2, 0.25) is 0 Å². The zero-order chi connectivity index (χ0) is 14.6. The highest BCUT2D eigenvalue weighted by Crippen LogP contribution is 2.29. The van der Waals surface area contributed by atoms with E-state index in [0.29, 0.717) is 10.0 Å². The molecule has 0 aliphatic heterocycles. The van der Waals surface area contributed by atoms with Crippen LogP contribution in [0.15, 0.2) is 18.2 Å². The third-order valence-corrected chi connectivity index (χ3v) is 3.46.